The molecule has 1 amide bonds. The Morgan fingerprint density at radius 3 is 2.48 bits per heavy atom. The fourth-order valence-electron chi connectivity index (χ4n) is 3.43. The van der Waals surface area contributed by atoms with Crippen molar-refractivity contribution in [2.75, 3.05) is 0 Å². The number of carbonyl (C=O) groups excluding carboxylic acids is 2. The van der Waals surface area contributed by atoms with Crippen LogP contribution in [-0.4, -0.2) is 26.8 Å². The van der Waals surface area contributed by atoms with Gasteiger partial charge in [0.1, 0.15) is 5.69 Å². The number of rotatable bonds is 3. The molecule has 1 aliphatic rings. The highest BCUT2D eigenvalue weighted by Crippen LogP contribution is 2.27. The summed E-state index contributed by atoms with van der Waals surface area (Å²) in [6.45, 7) is 4.97. The van der Waals surface area contributed by atoms with Crippen molar-refractivity contribution < 1.29 is 9.59 Å². The third kappa shape index (κ3) is 2.52. The van der Waals surface area contributed by atoms with Gasteiger partial charge in [0.25, 0.3) is 5.91 Å². The number of carbonyl (C=O) groups is 2. The van der Waals surface area contributed by atoms with Crippen LogP contribution < -0.4 is 0 Å². The molecule has 0 bridgehead atoms. The average Bonchev–Trinajstić information content (AvgIpc) is 3.23. The van der Waals surface area contributed by atoms with Crippen LogP contribution in [0, 0.1) is 6.92 Å². The summed E-state index contributed by atoms with van der Waals surface area (Å²) in [6, 6.07) is 11.8. The number of ketones is 1. The Morgan fingerprint density at radius 1 is 1.16 bits per heavy atom. The van der Waals surface area contributed by atoms with Gasteiger partial charge in [0.2, 0.25) is 0 Å². The average molecular weight is 333 g/mol. The number of hydrogen-bond donors (Lipinski definition) is 1. The lowest BCUT2D eigenvalue weighted by Gasteiger charge is -2.17. The zero-order valence-corrected chi connectivity index (χ0v) is 14.3. The van der Waals surface area contributed by atoms with Crippen LogP contribution in [0.3, 0.4) is 0 Å². The van der Waals surface area contributed by atoms with Crippen molar-refractivity contribution in [1.82, 2.24) is 15.1 Å². The van der Waals surface area contributed by atoms with Crippen LogP contribution in [0.4, 0.5) is 0 Å². The normalized spacial score (nSPS) is 13.3. The van der Waals surface area contributed by atoms with E-state index in [-0.39, 0.29) is 11.7 Å². The first kappa shape index (κ1) is 15.6. The fraction of sp³-hybridized carbons (Fsp3) is 0.250. The molecule has 2 heterocycles. The molecular weight excluding hydrogens is 314 g/mol. The van der Waals surface area contributed by atoms with Gasteiger partial charge in [-0.25, -0.2) is 0 Å². The van der Waals surface area contributed by atoms with Crippen molar-refractivity contribution in [1.29, 1.82) is 0 Å². The summed E-state index contributed by atoms with van der Waals surface area (Å²) >= 11 is 0. The predicted molar refractivity (Wildman–Crippen MR) is 95.5 cm³/mol. The monoisotopic (exact) mass is 333 g/mol. The molecule has 0 spiro atoms. The van der Waals surface area contributed by atoms with Gasteiger partial charge in [-0.3, -0.25) is 14.7 Å². The number of nitrogens with zero attached hydrogens (tertiary/aromatic N) is 2. The summed E-state index contributed by atoms with van der Waals surface area (Å²) in [6.07, 6.45) is 0.387. The number of H-pyrrole nitrogens is 1. The zero-order valence-electron chi connectivity index (χ0n) is 14.3. The van der Waals surface area contributed by atoms with Gasteiger partial charge in [-0.15, -0.1) is 0 Å². The van der Waals surface area contributed by atoms with Gasteiger partial charge in [-0.05, 0) is 35.7 Å². The first-order chi connectivity index (χ1) is 12.1. The highest BCUT2D eigenvalue weighted by atomic mass is 16.2. The molecule has 0 radical (unpaired) electrons. The van der Waals surface area contributed by atoms with Gasteiger partial charge < -0.3 is 4.90 Å². The lowest BCUT2D eigenvalue weighted by molar-refractivity contribution is 0.0750. The number of aromatic amines is 1. The summed E-state index contributed by atoms with van der Waals surface area (Å²) in [4.78, 5) is 27.0. The molecule has 5 heteroatoms. The Labute approximate surface area is 145 Å². The molecule has 0 aliphatic carbocycles. The number of hydrogen-bond acceptors (Lipinski definition) is 3. The molecule has 5 nitrogen and oxygen atoms in total. The van der Waals surface area contributed by atoms with Gasteiger partial charge in [0, 0.05) is 30.5 Å². The van der Waals surface area contributed by atoms with E-state index < -0.39 is 0 Å². The number of Topliss-reactive ketones (excluding diaryl/α,β-unsaturated/α-hetero) is 1. The minimum absolute atomic E-state index is 0.00769. The molecule has 4 rings (SSSR count). The third-order valence-electron chi connectivity index (χ3n) is 4.85. The number of aromatic nitrogens is 2. The van der Waals surface area contributed by atoms with E-state index in [1.165, 1.54) is 11.1 Å². The van der Waals surface area contributed by atoms with Gasteiger partial charge in [-0.1, -0.05) is 31.2 Å². The van der Waals surface area contributed by atoms with Gasteiger partial charge in [0.05, 0.1) is 5.52 Å². The van der Waals surface area contributed by atoms with E-state index in [2.05, 4.69) is 22.3 Å². The Morgan fingerprint density at radius 2 is 1.84 bits per heavy atom. The van der Waals surface area contributed by atoms with Crippen LogP contribution >= 0.6 is 0 Å². The highest BCUT2D eigenvalue weighted by Gasteiger charge is 2.26. The number of aryl methyl sites for hydroxylation is 1. The lowest BCUT2D eigenvalue weighted by atomic mass is 10.0. The maximum Gasteiger partial charge on any atom is 0.254 e. The summed E-state index contributed by atoms with van der Waals surface area (Å²) in [5, 5.41) is 7.76. The van der Waals surface area contributed by atoms with Crippen molar-refractivity contribution in [2.24, 2.45) is 0 Å². The molecule has 1 aromatic heterocycles. The minimum atomic E-state index is -0.0259. The van der Waals surface area contributed by atoms with Crippen molar-refractivity contribution in [2.45, 2.75) is 33.4 Å². The lowest BCUT2D eigenvalue weighted by Crippen LogP contribution is -2.26. The van der Waals surface area contributed by atoms with Crippen LogP contribution in [0.25, 0.3) is 10.9 Å². The topological polar surface area (TPSA) is 66.1 Å². The molecule has 0 saturated carbocycles. The third-order valence-corrected chi connectivity index (χ3v) is 4.85. The second-order valence-corrected chi connectivity index (χ2v) is 6.49. The molecule has 0 unspecified atom stereocenters. The number of amides is 1. The van der Waals surface area contributed by atoms with E-state index in [0.29, 0.717) is 30.8 Å². The Balaban J connectivity index is 1.72. The molecule has 0 atom stereocenters. The van der Waals surface area contributed by atoms with Crippen molar-refractivity contribution in [3.8, 4) is 0 Å². The van der Waals surface area contributed by atoms with E-state index in [1.807, 2.05) is 43.0 Å². The second-order valence-electron chi connectivity index (χ2n) is 6.49. The van der Waals surface area contributed by atoms with Crippen LogP contribution in [-0.2, 0) is 13.1 Å². The van der Waals surface area contributed by atoms with Crippen LogP contribution in [0.1, 0.15) is 50.9 Å². The quantitative estimate of drug-likeness (QED) is 0.745. The zero-order chi connectivity index (χ0) is 17.6. The smallest absolute Gasteiger partial charge is 0.254 e. The number of benzene rings is 2. The summed E-state index contributed by atoms with van der Waals surface area (Å²) < 4.78 is 0. The fourth-order valence-corrected chi connectivity index (χ4v) is 3.43. The van der Waals surface area contributed by atoms with Crippen molar-refractivity contribution >= 4 is 22.6 Å². The Bertz CT molecular complexity index is 978. The maximum absolute atomic E-state index is 13.1. The van der Waals surface area contributed by atoms with Crippen LogP contribution in [0.5, 0.6) is 0 Å². The van der Waals surface area contributed by atoms with Crippen LogP contribution in [0.15, 0.2) is 36.4 Å². The van der Waals surface area contributed by atoms with E-state index >= 15 is 0 Å². The van der Waals surface area contributed by atoms with E-state index in [4.69, 9.17) is 0 Å². The van der Waals surface area contributed by atoms with Gasteiger partial charge in [0.15, 0.2) is 5.78 Å². The molecule has 0 fully saturated rings. The van der Waals surface area contributed by atoms with Crippen LogP contribution in [0.2, 0.25) is 0 Å². The molecule has 1 N–H and O–H groups in total. The summed E-state index contributed by atoms with van der Waals surface area (Å²) in [5.74, 6) is -0.0335. The standard InChI is InChI=1S/C20H19N3O2/c1-3-18(24)19-16-9-15(12(2)8-17(16)21-22-19)20(25)23-10-13-6-4-5-7-14(13)11-23/h4-9H,3,10-11H2,1-2H3,(H,21,22). The second kappa shape index (κ2) is 5.84. The summed E-state index contributed by atoms with van der Waals surface area (Å²) in [5.41, 5.74) is 5.10. The molecule has 25 heavy (non-hydrogen) atoms. The highest BCUT2D eigenvalue weighted by molar-refractivity contribution is 6.08. The molecular formula is C20H19N3O2. The largest absolute Gasteiger partial charge is 0.330 e. The molecule has 0 saturated heterocycles. The SMILES string of the molecule is CCC(=O)c1n[nH]c2cc(C)c(C(=O)N3Cc4ccccc4C3)cc12. The Kier molecular flexibility index (Phi) is 3.64. The Hall–Kier alpha value is -2.95. The maximum atomic E-state index is 13.1. The summed E-state index contributed by atoms with van der Waals surface area (Å²) in [7, 11) is 0. The molecule has 1 aliphatic heterocycles. The molecule has 2 aromatic carbocycles. The van der Waals surface area contributed by atoms with E-state index in [0.717, 1.165) is 16.5 Å². The number of fused-ring (bicyclic) bond motifs is 2. The van der Waals surface area contributed by atoms with Crippen molar-refractivity contribution in [3.63, 3.8) is 0 Å². The minimum Gasteiger partial charge on any atom is -0.330 e. The molecule has 3 aromatic rings. The first-order valence-electron chi connectivity index (χ1n) is 8.46. The first-order valence-corrected chi connectivity index (χ1v) is 8.46. The predicted octanol–water partition coefficient (Wildman–Crippen LogP) is 3.62. The van der Waals surface area contributed by atoms with Gasteiger partial charge in [-0.2, -0.15) is 5.10 Å². The molecule has 126 valence electrons. The van der Waals surface area contributed by atoms with E-state index in [9.17, 15) is 9.59 Å². The van der Waals surface area contributed by atoms with E-state index in [1.54, 1.807) is 0 Å². The van der Waals surface area contributed by atoms with Crippen molar-refractivity contribution in [3.05, 3.63) is 64.3 Å². The van der Waals surface area contributed by atoms with Gasteiger partial charge >= 0.3 is 0 Å². The number of nitrogens with one attached hydrogen (secondary N) is 1.